The third-order valence-electron chi connectivity index (χ3n) is 5.12. The molecule has 2 N–H and O–H groups in total. The molecule has 0 fully saturated rings. The molecule has 0 saturated heterocycles. The first-order valence-corrected chi connectivity index (χ1v) is 10.9. The fraction of sp³-hybridized carbons (Fsp3) is 0.381. The molecule has 1 aliphatic heterocycles. The summed E-state index contributed by atoms with van der Waals surface area (Å²) in [5.74, 6) is -0.345. The zero-order valence-corrected chi connectivity index (χ0v) is 17.6. The summed E-state index contributed by atoms with van der Waals surface area (Å²) < 4.78 is 39.0. The number of primary amides is 1. The Hall–Kier alpha value is -2.58. The molecule has 2 atom stereocenters. The Morgan fingerprint density at radius 3 is 2.59 bits per heavy atom. The first-order valence-electron chi connectivity index (χ1n) is 9.42. The van der Waals surface area contributed by atoms with E-state index in [1.807, 2.05) is 0 Å². The molecular formula is C21H26N2O5S. The second-order valence-electron chi connectivity index (χ2n) is 7.17. The molecule has 0 radical (unpaired) electrons. The third kappa shape index (κ3) is 4.09. The largest absolute Gasteiger partial charge is 0.491 e. The van der Waals surface area contributed by atoms with Crippen molar-refractivity contribution in [3.63, 3.8) is 0 Å². The summed E-state index contributed by atoms with van der Waals surface area (Å²) in [5, 5.41) is 0. The van der Waals surface area contributed by atoms with Gasteiger partial charge in [-0.05, 0) is 55.7 Å². The summed E-state index contributed by atoms with van der Waals surface area (Å²) in [6.07, 6.45) is 0.336. The van der Waals surface area contributed by atoms with Gasteiger partial charge in [-0.1, -0.05) is 18.2 Å². The van der Waals surface area contributed by atoms with Gasteiger partial charge in [0.25, 0.3) is 10.0 Å². The van der Waals surface area contributed by atoms with E-state index in [2.05, 4.69) is 0 Å². The third-order valence-corrected chi connectivity index (χ3v) is 7.04. The van der Waals surface area contributed by atoms with Crippen LogP contribution in [0.5, 0.6) is 5.75 Å². The molecule has 29 heavy (non-hydrogen) atoms. The van der Waals surface area contributed by atoms with E-state index in [1.54, 1.807) is 63.4 Å². The molecule has 2 aromatic carbocycles. The van der Waals surface area contributed by atoms with E-state index in [4.69, 9.17) is 15.2 Å². The highest BCUT2D eigenvalue weighted by Crippen LogP contribution is 2.41. The number of carbonyl (C=O) groups is 1. The lowest BCUT2D eigenvalue weighted by Gasteiger charge is -2.38. The normalized spacial score (nSPS) is 18.9. The fourth-order valence-electron chi connectivity index (χ4n) is 3.71. The molecule has 8 heteroatoms. The monoisotopic (exact) mass is 418 g/mol. The van der Waals surface area contributed by atoms with E-state index in [9.17, 15) is 13.2 Å². The number of carbonyl (C=O) groups excluding carboxylic acids is 1. The summed E-state index contributed by atoms with van der Waals surface area (Å²) in [5.41, 5.74) is 7.41. The molecule has 1 heterocycles. The average Bonchev–Trinajstić information content (AvgIpc) is 2.68. The van der Waals surface area contributed by atoms with E-state index in [0.717, 1.165) is 5.56 Å². The second kappa shape index (κ2) is 8.42. The number of sulfonamides is 1. The molecule has 0 unspecified atom stereocenters. The van der Waals surface area contributed by atoms with E-state index in [1.165, 1.54) is 4.31 Å². The zero-order valence-electron chi connectivity index (χ0n) is 16.8. The molecule has 7 nitrogen and oxygen atoms in total. The first-order chi connectivity index (χ1) is 13.8. The lowest BCUT2D eigenvalue weighted by Crippen LogP contribution is -2.45. The number of methoxy groups -OCH3 is 1. The van der Waals surface area contributed by atoms with Gasteiger partial charge in [0.05, 0.1) is 23.1 Å². The van der Waals surface area contributed by atoms with Gasteiger partial charge in [-0.15, -0.1) is 0 Å². The molecule has 1 amide bonds. The van der Waals surface area contributed by atoms with E-state index in [-0.39, 0.29) is 4.90 Å². The molecular weight excluding hydrogens is 392 g/mol. The quantitative estimate of drug-likeness (QED) is 0.697. The van der Waals surface area contributed by atoms with Crippen molar-refractivity contribution in [2.45, 2.75) is 37.1 Å². The van der Waals surface area contributed by atoms with Crippen LogP contribution in [-0.2, 0) is 19.6 Å². The Morgan fingerprint density at radius 1 is 1.21 bits per heavy atom. The van der Waals surface area contributed by atoms with Crippen LogP contribution in [0.25, 0.3) is 0 Å². The van der Waals surface area contributed by atoms with E-state index < -0.39 is 27.9 Å². The number of aryl methyl sites for hydroxylation is 1. The van der Waals surface area contributed by atoms with Crippen LogP contribution in [0.2, 0.25) is 0 Å². The van der Waals surface area contributed by atoms with Crippen molar-refractivity contribution in [2.24, 2.45) is 5.73 Å². The highest BCUT2D eigenvalue weighted by atomic mass is 32.2. The van der Waals surface area contributed by atoms with Crippen LogP contribution >= 0.6 is 0 Å². The van der Waals surface area contributed by atoms with Crippen molar-refractivity contribution >= 4 is 21.6 Å². The number of hydrogen-bond donors (Lipinski definition) is 1. The molecule has 0 aromatic heterocycles. The first kappa shape index (κ1) is 21.1. The zero-order chi connectivity index (χ0) is 21.2. The average molecular weight is 419 g/mol. The number of ether oxygens (including phenoxy) is 2. The molecule has 0 bridgehead atoms. The summed E-state index contributed by atoms with van der Waals surface area (Å²) >= 11 is 0. The van der Waals surface area contributed by atoms with Crippen LogP contribution in [0.3, 0.4) is 0 Å². The number of para-hydroxylation sites is 1. The summed E-state index contributed by atoms with van der Waals surface area (Å²) in [6.45, 7) is 4.42. The van der Waals surface area contributed by atoms with Gasteiger partial charge < -0.3 is 15.2 Å². The summed E-state index contributed by atoms with van der Waals surface area (Å²) in [4.78, 5) is 12.1. The van der Waals surface area contributed by atoms with Crippen LogP contribution < -0.4 is 14.8 Å². The van der Waals surface area contributed by atoms with Crippen molar-refractivity contribution in [1.29, 1.82) is 0 Å². The minimum atomic E-state index is -3.84. The van der Waals surface area contributed by atoms with Gasteiger partial charge >= 0.3 is 0 Å². The second-order valence-corrected chi connectivity index (χ2v) is 8.98. The molecule has 0 aliphatic carbocycles. The minimum Gasteiger partial charge on any atom is -0.491 e. The number of nitrogens with zero attached hydrogens (tertiary/aromatic N) is 1. The number of fused-ring (bicyclic) bond motifs is 1. The van der Waals surface area contributed by atoms with Gasteiger partial charge in [-0.2, -0.15) is 0 Å². The predicted molar refractivity (Wildman–Crippen MR) is 111 cm³/mol. The van der Waals surface area contributed by atoms with Crippen LogP contribution in [-0.4, -0.2) is 40.7 Å². The molecule has 1 aliphatic rings. The number of amides is 1. The predicted octanol–water partition coefficient (Wildman–Crippen LogP) is 2.58. The molecule has 0 saturated carbocycles. The number of nitrogens with two attached hydrogens (primary N) is 1. The topological polar surface area (TPSA) is 98.9 Å². The molecule has 2 aromatic rings. The van der Waals surface area contributed by atoms with Crippen molar-refractivity contribution in [1.82, 2.24) is 0 Å². The standard InChI is InChI=1S/C21H26N2O5S/c1-14-12-16(8-9-20(14)28-11-10-27-3)29(25,26)23-15(2)13-18(21(22)24)17-6-4-5-7-19(17)23/h4-9,12,15,18H,10-11,13H2,1-3H3,(H2,22,24)/t15-,18+/m0/s1. The Balaban J connectivity index is 1.99. The Bertz CT molecular complexity index is 1010. The smallest absolute Gasteiger partial charge is 0.264 e. The van der Waals surface area contributed by atoms with E-state index in [0.29, 0.717) is 36.6 Å². The fourth-order valence-corrected chi connectivity index (χ4v) is 5.49. The Labute approximate surface area is 171 Å². The van der Waals surface area contributed by atoms with Crippen molar-refractivity contribution < 1.29 is 22.7 Å². The van der Waals surface area contributed by atoms with Gasteiger partial charge in [0.2, 0.25) is 5.91 Å². The summed E-state index contributed by atoms with van der Waals surface area (Å²) in [6, 6.07) is 11.4. The number of anilines is 1. The van der Waals surface area contributed by atoms with Crippen LogP contribution in [0, 0.1) is 6.92 Å². The van der Waals surface area contributed by atoms with Gasteiger partial charge in [0.1, 0.15) is 12.4 Å². The lowest BCUT2D eigenvalue weighted by molar-refractivity contribution is -0.119. The van der Waals surface area contributed by atoms with Crippen molar-refractivity contribution in [3.8, 4) is 5.75 Å². The van der Waals surface area contributed by atoms with Crippen molar-refractivity contribution in [3.05, 3.63) is 53.6 Å². The summed E-state index contributed by atoms with van der Waals surface area (Å²) in [7, 11) is -2.25. The van der Waals surface area contributed by atoms with Gasteiger partial charge in [-0.25, -0.2) is 8.42 Å². The van der Waals surface area contributed by atoms with Gasteiger partial charge in [0, 0.05) is 13.2 Å². The van der Waals surface area contributed by atoms with Crippen LogP contribution in [0.15, 0.2) is 47.4 Å². The maximum absolute atomic E-state index is 13.5. The lowest BCUT2D eigenvalue weighted by atomic mass is 9.87. The maximum atomic E-state index is 13.5. The minimum absolute atomic E-state index is 0.174. The van der Waals surface area contributed by atoms with Gasteiger partial charge in [-0.3, -0.25) is 9.10 Å². The van der Waals surface area contributed by atoms with Crippen LogP contribution in [0.1, 0.15) is 30.4 Å². The molecule has 0 spiro atoms. The van der Waals surface area contributed by atoms with Gasteiger partial charge in [0.15, 0.2) is 0 Å². The van der Waals surface area contributed by atoms with Crippen molar-refractivity contribution in [2.75, 3.05) is 24.6 Å². The highest BCUT2D eigenvalue weighted by Gasteiger charge is 2.39. The number of hydrogen-bond acceptors (Lipinski definition) is 5. The van der Waals surface area contributed by atoms with Crippen LogP contribution in [0.4, 0.5) is 5.69 Å². The van der Waals surface area contributed by atoms with E-state index >= 15 is 0 Å². The highest BCUT2D eigenvalue weighted by molar-refractivity contribution is 7.92. The molecule has 3 rings (SSSR count). The number of benzene rings is 2. The number of rotatable bonds is 7. The Kier molecular flexibility index (Phi) is 6.14. The molecule has 156 valence electrons. The Morgan fingerprint density at radius 2 is 1.93 bits per heavy atom. The SMILES string of the molecule is COCCOc1ccc(S(=O)(=O)N2c3ccccc3[C@H](C(N)=O)C[C@@H]2C)cc1C. The maximum Gasteiger partial charge on any atom is 0.264 e.